The van der Waals surface area contributed by atoms with Crippen molar-refractivity contribution in [3.8, 4) is 5.75 Å². The Hall–Kier alpha value is -3.45. The molecule has 0 spiro atoms. The fourth-order valence-corrected chi connectivity index (χ4v) is 5.20. The number of aryl methyl sites for hydroxylation is 2. The molecule has 7 heteroatoms. The van der Waals surface area contributed by atoms with E-state index in [1.54, 1.807) is 24.3 Å². The van der Waals surface area contributed by atoms with Crippen molar-refractivity contribution in [3.63, 3.8) is 0 Å². The number of hydrogen-bond donors (Lipinski definition) is 1. The molecular formula is C29H34N2O5. The van der Waals surface area contributed by atoms with Crippen LogP contribution in [-0.4, -0.2) is 58.7 Å². The first-order valence-electron chi connectivity index (χ1n) is 12.7. The Morgan fingerprint density at radius 1 is 1.06 bits per heavy atom. The number of carbonyl (C=O) groups is 3. The van der Waals surface area contributed by atoms with Gasteiger partial charge in [-0.25, -0.2) is 0 Å². The van der Waals surface area contributed by atoms with Gasteiger partial charge in [0.25, 0.3) is 11.7 Å². The summed E-state index contributed by atoms with van der Waals surface area (Å²) in [7, 11) is 0. The molecule has 0 radical (unpaired) electrons. The van der Waals surface area contributed by atoms with Gasteiger partial charge < -0.3 is 19.6 Å². The highest BCUT2D eigenvalue weighted by molar-refractivity contribution is 6.46. The number of hydrogen-bond acceptors (Lipinski definition) is 6. The zero-order chi connectivity index (χ0) is 25.8. The molecule has 1 amide bonds. The van der Waals surface area contributed by atoms with E-state index in [1.807, 2.05) is 32.0 Å². The number of fused-ring (bicyclic) bond motifs is 1. The maximum Gasteiger partial charge on any atom is 0.308 e. The molecule has 1 heterocycles. The summed E-state index contributed by atoms with van der Waals surface area (Å²) >= 11 is 0. The number of likely N-dealkylation sites (N-methyl/N-ethyl adjacent to an activating group) is 1. The minimum absolute atomic E-state index is 0.0651. The molecule has 2 aromatic carbocycles. The van der Waals surface area contributed by atoms with Gasteiger partial charge in [-0.2, -0.15) is 0 Å². The summed E-state index contributed by atoms with van der Waals surface area (Å²) in [5.74, 6) is -1.65. The first kappa shape index (κ1) is 25.6. The van der Waals surface area contributed by atoms with E-state index in [1.165, 1.54) is 23.0 Å². The van der Waals surface area contributed by atoms with Gasteiger partial charge in [0.1, 0.15) is 11.5 Å². The summed E-state index contributed by atoms with van der Waals surface area (Å²) in [6.45, 7) is 7.99. The van der Waals surface area contributed by atoms with Gasteiger partial charge in [0.2, 0.25) is 0 Å². The number of aliphatic hydroxyl groups excluding tert-OH is 1. The van der Waals surface area contributed by atoms with Crippen LogP contribution >= 0.6 is 0 Å². The lowest BCUT2D eigenvalue weighted by molar-refractivity contribution is -0.140. The summed E-state index contributed by atoms with van der Waals surface area (Å²) in [4.78, 5) is 41.8. The zero-order valence-corrected chi connectivity index (χ0v) is 21.3. The summed E-state index contributed by atoms with van der Waals surface area (Å²) < 4.78 is 5.26. The molecule has 1 saturated heterocycles. The summed E-state index contributed by atoms with van der Waals surface area (Å²) in [5.41, 5.74) is 3.65. The van der Waals surface area contributed by atoms with E-state index < -0.39 is 23.7 Å². The third kappa shape index (κ3) is 5.21. The number of nitrogens with zero attached hydrogens (tertiary/aromatic N) is 2. The Labute approximate surface area is 212 Å². The van der Waals surface area contributed by atoms with Gasteiger partial charge >= 0.3 is 5.97 Å². The number of rotatable bonds is 8. The fraction of sp³-hybridized carbons (Fsp3) is 0.414. The number of ketones is 1. The normalized spacial score (nSPS) is 19.0. The van der Waals surface area contributed by atoms with Crippen LogP contribution in [0.5, 0.6) is 5.75 Å². The second-order valence-electron chi connectivity index (χ2n) is 9.38. The van der Waals surface area contributed by atoms with Crippen LogP contribution in [0.3, 0.4) is 0 Å². The van der Waals surface area contributed by atoms with E-state index in [-0.39, 0.29) is 11.3 Å². The predicted molar refractivity (Wildman–Crippen MR) is 138 cm³/mol. The van der Waals surface area contributed by atoms with Gasteiger partial charge in [-0.3, -0.25) is 14.4 Å². The van der Waals surface area contributed by atoms with E-state index in [4.69, 9.17) is 4.74 Å². The van der Waals surface area contributed by atoms with Crippen molar-refractivity contribution in [3.05, 3.63) is 70.3 Å². The Balaban J connectivity index is 1.80. The summed E-state index contributed by atoms with van der Waals surface area (Å²) in [5, 5.41) is 11.4. The molecule has 1 unspecified atom stereocenters. The molecule has 190 valence electrons. The smallest absolute Gasteiger partial charge is 0.308 e. The molecule has 0 aromatic heterocycles. The number of ether oxygens (including phenoxy) is 1. The van der Waals surface area contributed by atoms with Gasteiger partial charge in [-0.15, -0.1) is 0 Å². The van der Waals surface area contributed by atoms with Crippen LogP contribution in [0.15, 0.2) is 48.0 Å². The molecule has 36 heavy (non-hydrogen) atoms. The molecule has 1 aliphatic heterocycles. The van der Waals surface area contributed by atoms with Crippen LogP contribution in [0.4, 0.5) is 0 Å². The average Bonchev–Trinajstić information content (AvgIpc) is 3.13. The molecule has 7 nitrogen and oxygen atoms in total. The number of aliphatic hydroxyl groups is 1. The second kappa shape index (κ2) is 11.1. The minimum atomic E-state index is -0.785. The number of esters is 1. The largest absolute Gasteiger partial charge is 0.507 e. The van der Waals surface area contributed by atoms with E-state index in [0.717, 1.165) is 38.8 Å². The van der Waals surface area contributed by atoms with Crippen molar-refractivity contribution in [2.45, 2.75) is 52.5 Å². The fourth-order valence-electron chi connectivity index (χ4n) is 5.20. The number of carbonyl (C=O) groups excluding carboxylic acids is 3. The van der Waals surface area contributed by atoms with Crippen LogP contribution in [0.25, 0.3) is 5.76 Å². The lowest BCUT2D eigenvalue weighted by Crippen LogP contribution is -2.38. The molecular weight excluding hydrogens is 456 g/mol. The topological polar surface area (TPSA) is 87.2 Å². The highest BCUT2D eigenvalue weighted by Gasteiger charge is 2.46. The highest BCUT2D eigenvalue weighted by Crippen LogP contribution is 2.40. The van der Waals surface area contributed by atoms with Crippen LogP contribution in [0.1, 0.15) is 61.9 Å². The molecule has 0 saturated carbocycles. The number of amides is 1. The maximum atomic E-state index is 13.3. The van der Waals surface area contributed by atoms with Crippen molar-refractivity contribution in [1.82, 2.24) is 9.80 Å². The van der Waals surface area contributed by atoms with Crippen LogP contribution in [-0.2, 0) is 27.2 Å². The number of Topliss-reactive ketones (excluding diaryl/α,β-unsaturated/α-hetero) is 1. The van der Waals surface area contributed by atoms with Crippen molar-refractivity contribution in [2.75, 3.05) is 26.2 Å². The lowest BCUT2D eigenvalue weighted by Gasteiger charge is -2.28. The van der Waals surface area contributed by atoms with Gasteiger partial charge in [0.05, 0.1) is 11.6 Å². The molecule has 1 atom stereocenters. The van der Waals surface area contributed by atoms with E-state index in [2.05, 4.69) is 4.90 Å². The molecule has 1 fully saturated rings. The quantitative estimate of drug-likeness (QED) is 0.196. The van der Waals surface area contributed by atoms with Crippen LogP contribution in [0.2, 0.25) is 0 Å². The summed E-state index contributed by atoms with van der Waals surface area (Å²) in [6.07, 6.45) is 4.18. The van der Waals surface area contributed by atoms with Crippen molar-refractivity contribution < 1.29 is 24.2 Å². The van der Waals surface area contributed by atoms with E-state index in [9.17, 15) is 19.5 Å². The average molecular weight is 491 g/mol. The highest BCUT2D eigenvalue weighted by atomic mass is 16.5. The third-order valence-corrected chi connectivity index (χ3v) is 7.15. The van der Waals surface area contributed by atoms with Crippen LogP contribution in [0, 0.1) is 0 Å². The van der Waals surface area contributed by atoms with Gasteiger partial charge in [-0.1, -0.05) is 38.1 Å². The third-order valence-electron chi connectivity index (χ3n) is 7.15. The summed E-state index contributed by atoms with van der Waals surface area (Å²) in [6, 6.07) is 11.8. The van der Waals surface area contributed by atoms with E-state index >= 15 is 0 Å². The maximum absolute atomic E-state index is 13.3. The van der Waals surface area contributed by atoms with Crippen molar-refractivity contribution in [2.24, 2.45) is 0 Å². The molecule has 0 bridgehead atoms. The van der Waals surface area contributed by atoms with E-state index in [0.29, 0.717) is 30.0 Å². The molecule has 2 aromatic rings. The van der Waals surface area contributed by atoms with Crippen molar-refractivity contribution in [1.29, 1.82) is 0 Å². The molecule has 4 rings (SSSR count). The Kier molecular flexibility index (Phi) is 7.89. The number of benzene rings is 2. The number of likely N-dealkylation sites (tertiary alicyclic amines) is 1. The second-order valence-corrected chi connectivity index (χ2v) is 9.38. The minimum Gasteiger partial charge on any atom is -0.507 e. The molecule has 1 N–H and O–H groups in total. The first-order chi connectivity index (χ1) is 17.3. The predicted octanol–water partition coefficient (Wildman–Crippen LogP) is 4.25. The molecule has 1 aliphatic carbocycles. The monoisotopic (exact) mass is 490 g/mol. The molecule has 2 aliphatic rings. The first-order valence-corrected chi connectivity index (χ1v) is 12.7. The van der Waals surface area contributed by atoms with Crippen LogP contribution < -0.4 is 4.74 Å². The van der Waals surface area contributed by atoms with Crippen molar-refractivity contribution >= 4 is 23.4 Å². The van der Waals surface area contributed by atoms with Gasteiger partial charge in [0, 0.05) is 25.6 Å². The Bertz CT molecular complexity index is 1200. The standard InChI is InChI=1S/C29H34N2O5/c1-4-30(5-2)15-16-31-26(22-11-8-12-24(18-22)36-19(3)32)25(28(34)29(31)35)27(33)23-14-13-20-9-6-7-10-21(20)17-23/h8,11-14,17-18,26,33H,4-7,9-10,15-16H2,1-3H3/b27-25-. The SMILES string of the molecule is CCN(CC)CCN1C(=O)C(=O)/C(=C(\O)c2ccc3c(c2)CCCC3)C1c1cccc(OC(C)=O)c1. The Morgan fingerprint density at radius 3 is 2.47 bits per heavy atom. The Morgan fingerprint density at radius 2 is 1.78 bits per heavy atom. The zero-order valence-electron chi connectivity index (χ0n) is 21.3. The van der Waals surface area contributed by atoms with Gasteiger partial charge in [0.15, 0.2) is 0 Å². The van der Waals surface area contributed by atoms with Gasteiger partial charge in [-0.05, 0) is 73.7 Å². The lowest BCUT2D eigenvalue weighted by atomic mass is 9.88.